The third-order valence-corrected chi connectivity index (χ3v) is 2.94. The van der Waals surface area contributed by atoms with Gasteiger partial charge in [-0.2, -0.15) is 13.2 Å². The molecule has 3 N–H and O–H groups in total. The summed E-state index contributed by atoms with van der Waals surface area (Å²) >= 11 is 0. The van der Waals surface area contributed by atoms with Crippen molar-refractivity contribution in [1.82, 2.24) is 0 Å². The molecular weight excluding hydrogens is 247 g/mol. The predicted octanol–water partition coefficient (Wildman–Crippen LogP) is 2.19. The molecule has 1 aromatic rings. The van der Waals surface area contributed by atoms with Crippen LogP contribution in [-0.2, 0) is 11.2 Å². The molecule has 1 aromatic carbocycles. The van der Waals surface area contributed by atoms with Crippen LogP contribution >= 0.6 is 0 Å². The molecule has 1 rings (SSSR count). The summed E-state index contributed by atoms with van der Waals surface area (Å²) in [6.07, 6.45) is -5.79. The number of benzene rings is 1. The molecule has 6 heteroatoms. The largest absolute Gasteiger partial charge is 0.480 e. The molecule has 1 unspecified atom stereocenters. The van der Waals surface area contributed by atoms with Gasteiger partial charge in [-0.1, -0.05) is 18.2 Å². The standard InChI is InChI=1S/C12H14F3NO2/c1-7-3-4-9(5-8(7)2)6-11(16,10(17)18)12(13,14)15/h3-5H,6,16H2,1-2H3,(H,17,18). The molecule has 0 heterocycles. The number of carboxylic acids is 1. The summed E-state index contributed by atoms with van der Waals surface area (Å²) in [6.45, 7) is 3.56. The van der Waals surface area contributed by atoms with Crippen LogP contribution in [0.4, 0.5) is 13.2 Å². The molecule has 0 aliphatic carbocycles. The van der Waals surface area contributed by atoms with E-state index in [9.17, 15) is 18.0 Å². The maximum Gasteiger partial charge on any atom is 0.417 e. The summed E-state index contributed by atoms with van der Waals surface area (Å²) in [6, 6.07) is 4.62. The van der Waals surface area contributed by atoms with Crippen molar-refractivity contribution in [3.63, 3.8) is 0 Å². The molecule has 0 fully saturated rings. The Kier molecular flexibility index (Phi) is 3.71. The maximum absolute atomic E-state index is 12.7. The van der Waals surface area contributed by atoms with E-state index in [1.807, 2.05) is 6.92 Å². The molecule has 18 heavy (non-hydrogen) atoms. The molecule has 3 nitrogen and oxygen atoms in total. The third kappa shape index (κ3) is 2.64. The summed E-state index contributed by atoms with van der Waals surface area (Å²) in [4.78, 5) is 10.8. The molecular formula is C12H14F3NO2. The number of hydrogen-bond acceptors (Lipinski definition) is 2. The first-order valence-corrected chi connectivity index (χ1v) is 5.23. The summed E-state index contributed by atoms with van der Waals surface area (Å²) < 4.78 is 38.1. The minimum absolute atomic E-state index is 0.250. The molecule has 0 aromatic heterocycles. The average molecular weight is 261 g/mol. The van der Waals surface area contributed by atoms with Gasteiger partial charge in [-0.25, -0.2) is 4.79 Å². The lowest BCUT2D eigenvalue weighted by atomic mass is 9.90. The Hall–Kier alpha value is -1.56. The van der Waals surface area contributed by atoms with E-state index in [2.05, 4.69) is 0 Å². The monoisotopic (exact) mass is 261 g/mol. The highest BCUT2D eigenvalue weighted by molar-refractivity contribution is 5.80. The molecule has 0 amide bonds. The maximum atomic E-state index is 12.7. The van der Waals surface area contributed by atoms with Gasteiger partial charge in [-0.05, 0) is 30.5 Å². The van der Waals surface area contributed by atoms with Crippen LogP contribution in [0.5, 0.6) is 0 Å². The lowest BCUT2D eigenvalue weighted by Crippen LogP contribution is -2.61. The van der Waals surface area contributed by atoms with Crippen molar-refractivity contribution < 1.29 is 23.1 Å². The topological polar surface area (TPSA) is 63.3 Å². The van der Waals surface area contributed by atoms with Gasteiger partial charge in [0, 0.05) is 6.42 Å². The van der Waals surface area contributed by atoms with Crippen molar-refractivity contribution in [3.8, 4) is 0 Å². The first-order chi connectivity index (χ1) is 8.08. The van der Waals surface area contributed by atoms with E-state index in [0.717, 1.165) is 11.1 Å². The van der Waals surface area contributed by atoms with Crippen LogP contribution in [0.2, 0.25) is 0 Å². The van der Waals surface area contributed by atoms with Crippen molar-refractivity contribution in [1.29, 1.82) is 0 Å². The first kappa shape index (κ1) is 14.5. The lowest BCUT2D eigenvalue weighted by Gasteiger charge is -2.27. The highest BCUT2D eigenvalue weighted by Crippen LogP contribution is 2.32. The Bertz CT molecular complexity index is 471. The van der Waals surface area contributed by atoms with Crippen LogP contribution in [0, 0.1) is 13.8 Å². The number of rotatable bonds is 3. The summed E-state index contributed by atoms with van der Waals surface area (Å²) in [7, 11) is 0. The molecule has 0 radical (unpaired) electrons. The van der Waals surface area contributed by atoms with Gasteiger partial charge in [0.25, 0.3) is 0 Å². The van der Waals surface area contributed by atoms with Gasteiger partial charge in [0.2, 0.25) is 5.54 Å². The second-order valence-electron chi connectivity index (χ2n) is 4.37. The van der Waals surface area contributed by atoms with E-state index in [-0.39, 0.29) is 5.56 Å². The van der Waals surface area contributed by atoms with Gasteiger partial charge in [-0.3, -0.25) is 0 Å². The Morgan fingerprint density at radius 2 is 1.83 bits per heavy atom. The lowest BCUT2D eigenvalue weighted by molar-refractivity contribution is -0.201. The Morgan fingerprint density at radius 3 is 2.22 bits per heavy atom. The van der Waals surface area contributed by atoms with E-state index in [0.29, 0.717) is 0 Å². The van der Waals surface area contributed by atoms with E-state index in [4.69, 9.17) is 10.8 Å². The number of carbonyl (C=O) groups is 1. The van der Waals surface area contributed by atoms with Crippen LogP contribution in [0.25, 0.3) is 0 Å². The van der Waals surface area contributed by atoms with Crippen molar-refractivity contribution in [2.45, 2.75) is 32.0 Å². The van der Waals surface area contributed by atoms with Crippen molar-refractivity contribution in [2.24, 2.45) is 5.73 Å². The number of carboxylic acid groups (broad SMARTS) is 1. The zero-order valence-electron chi connectivity index (χ0n) is 10.0. The number of hydrogen-bond donors (Lipinski definition) is 2. The van der Waals surface area contributed by atoms with Gasteiger partial charge in [0.15, 0.2) is 0 Å². The SMILES string of the molecule is Cc1ccc(CC(N)(C(=O)O)C(F)(F)F)cc1C. The minimum atomic E-state index is -5.00. The second kappa shape index (κ2) is 4.61. The quantitative estimate of drug-likeness (QED) is 0.876. The van der Waals surface area contributed by atoms with Crippen molar-refractivity contribution in [2.75, 3.05) is 0 Å². The Morgan fingerprint density at radius 1 is 1.28 bits per heavy atom. The van der Waals surface area contributed by atoms with Gasteiger partial charge in [-0.15, -0.1) is 0 Å². The fraction of sp³-hybridized carbons (Fsp3) is 0.417. The molecule has 0 spiro atoms. The third-order valence-electron chi connectivity index (χ3n) is 2.94. The molecule has 0 saturated carbocycles. The average Bonchev–Trinajstić information content (AvgIpc) is 2.21. The molecule has 100 valence electrons. The first-order valence-electron chi connectivity index (χ1n) is 5.23. The minimum Gasteiger partial charge on any atom is -0.480 e. The highest BCUT2D eigenvalue weighted by Gasteiger charge is 2.58. The molecule has 0 saturated heterocycles. The van der Waals surface area contributed by atoms with Crippen molar-refractivity contribution >= 4 is 5.97 Å². The van der Waals surface area contributed by atoms with Gasteiger partial charge in [0.05, 0.1) is 0 Å². The van der Waals surface area contributed by atoms with Crippen molar-refractivity contribution in [3.05, 3.63) is 34.9 Å². The fourth-order valence-electron chi connectivity index (χ4n) is 1.53. The Labute approximate surface area is 102 Å². The van der Waals surface area contributed by atoms with Crippen LogP contribution < -0.4 is 5.73 Å². The Balaban J connectivity index is 3.12. The van der Waals surface area contributed by atoms with E-state index in [1.165, 1.54) is 12.1 Å². The number of alkyl halides is 3. The second-order valence-corrected chi connectivity index (χ2v) is 4.37. The zero-order valence-corrected chi connectivity index (χ0v) is 10.0. The highest BCUT2D eigenvalue weighted by atomic mass is 19.4. The molecule has 0 aliphatic heterocycles. The van der Waals surface area contributed by atoms with E-state index >= 15 is 0 Å². The van der Waals surface area contributed by atoms with Gasteiger partial charge >= 0.3 is 12.1 Å². The van der Waals surface area contributed by atoms with E-state index < -0.39 is 24.1 Å². The predicted molar refractivity (Wildman–Crippen MR) is 60.2 cm³/mol. The normalized spacial score (nSPS) is 15.2. The number of halogens is 3. The number of aryl methyl sites for hydroxylation is 2. The van der Waals surface area contributed by atoms with Crippen LogP contribution in [0.3, 0.4) is 0 Å². The number of nitrogens with two attached hydrogens (primary N) is 1. The van der Waals surface area contributed by atoms with Gasteiger partial charge < -0.3 is 10.8 Å². The zero-order chi connectivity index (χ0) is 14.1. The van der Waals surface area contributed by atoms with Crippen LogP contribution in [-0.4, -0.2) is 22.8 Å². The summed E-state index contributed by atoms with van der Waals surface area (Å²) in [5.74, 6) is -2.08. The summed E-state index contributed by atoms with van der Waals surface area (Å²) in [5.41, 5.74) is 3.72. The van der Waals surface area contributed by atoms with Crippen LogP contribution in [0.1, 0.15) is 16.7 Å². The molecule has 1 atom stereocenters. The number of aliphatic carboxylic acids is 1. The van der Waals surface area contributed by atoms with E-state index in [1.54, 1.807) is 13.0 Å². The van der Waals surface area contributed by atoms with Gasteiger partial charge in [0.1, 0.15) is 0 Å². The molecule has 0 bridgehead atoms. The summed E-state index contributed by atoms with van der Waals surface area (Å²) in [5, 5.41) is 8.71. The van der Waals surface area contributed by atoms with Crippen LogP contribution in [0.15, 0.2) is 18.2 Å². The molecule has 0 aliphatic rings. The smallest absolute Gasteiger partial charge is 0.417 e. The fourth-order valence-corrected chi connectivity index (χ4v) is 1.53.